The van der Waals surface area contributed by atoms with E-state index in [1.807, 2.05) is 50.0 Å². The average molecular weight is 260 g/mol. The summed E-state index contributed by atoms with van der Waals surface area (Å²) in [5.74, 6) is 1.86. The van der Waals surface area contributed by atoms with Crippen molar-refractivity contribution >= 4 is 11.5 Å². The Hall–Kier alpha value is -2.01. The van der Waals surface area contributed by atoms with Crippen LogP contribution in [0.25, 0.3) is 0 Å². The number of anilines is 2. The highest BCUT2D eigenvalue weighted by Crippen LogP contribution is 2.29. The summed E-state index contributed by atoms with van der Waals surface area (Å²) in [7, 11) is 5.61. The van der Waals surface area contributed by atoms with Gasteiger partial charge in [-0.1, -0.05) is 0 Å². The topological polar surface area (TPSA) is 56.3 Å². The number of methoxy groups -OCH3 is 1. The van der Waals surface area contributed by atoms with Gasteiger partial charge in [0.05, 0.1) is 12.8 Å². The van der Waals surface area contributed by atoms with Gasteiger partial charge in [-0.15, -0.1) is 0 Å². The molecule has 1 heterocycles. The van der Waals surface area contributed by atoms with Crippen LogP contribution in [0.1, 0.15) is 11.3 Å². The van der Waals surface area contributed by atoms with Crippen molar-refractivity contribution in [2.45, 2.75) is 13.5 Å². The Morgan fingerprint density at radius 3 is 2.47 bits per heavy atom. The van der Waals surface area contributed by atoms with Gasteiger partial charge in [-0.25, -0.2) is 0 Å². The molecule has 102 valence electrons. The lowest BCUT2D eigenvalue weighted by Crippen LogP contribution is -2.16. The second-order valence-corrected chi connectivity index (χ2v) is 4.47. The van der Waals surface area contributed by atoms with Crippen molar-refractivity contribution in [1.82, 2.24) is 9.78 Å². The molecule has 0 amide bonds. The van der Waals surface area contributed by atoms with Crippen LogP contribution in [0.15, 0.2) is 24.3 Å². The second kappa shape index (κ2) is 5.32. The van der Waals surface area contributed by atoms with Gasteiger partial charge in [0.25, 0.3) is 0 Å². The highest BCUT2D eigenvalue weighted by Gasteiger charge is 2.16. The molecule has 5 nitrogen and oxygen atoms in total. The predicted octanol–water partition coefficient (Wildman–Crippen LogP) is 1.96. The van der Waals surface area contributed by atoms with Crippen molar-refractivity contribution in [3.63, 3.8) is 0 Å². The standard InChI is InChI=1S/C14H20N4O/c1-10-13(9-15)14(18(3)16-10)17(2)11-5-7-12(19-4)8-6-11/h5-8H,9,15H2,1-4H3. The van der Waals surface area contributed by atoms with E-state index < -0.39 is 0 Å². The van der Waals surface area contributed by atoms with Gasteiger partial charge in [-0.3, -0.25) is 4.68 Å². The van der Waals surface area contributed by atoms with E-state index in [2.05, 4.69) is 10.00 Å². The summed E-state index contributed by atoms with van der Waals surface area (Å²) in [5.41, 5.74) is 8.94. The molecule has 0 unspecified atom stereocenters. The average Bonchev–Trinajstić information content (AvgIpc) is 2.72. The zero-order valence-electron chi connectivity index (χ0n) is 11.8. The number of nitrogens with two attached hydrogens (primary N) is 1. The molecule has 0 aliphatic heterocycles. The van der Waals surface area contributed by atoms with Crippen LogP contribution in [0.5, 0.6) is 5.75 Å². The van der Waals surface area contributed by atoms with Gasteiger partial charge in [0.1, 0.15) is 11.6 Å². The molecule has 0 aliphatic rings. The molecule has 0 bridgehead atoms. The van der Waals surface area contributed by atoms with Crippen LogP contribution in [0, 0.1) is 6.92 Å². The molecule has 5 heteroatoms. The van der Waals surface area contributed by atoms with E-state index >= 15 is 0 Å². The Morgan fingerprint density at radius 2 is 1.95 bits per heavy atom. The van der Waals surface area contributed by atoms with E-state index in [-0.39, 0.29) is 0 Å². The smallest absolute Gasteiger partial charge is 0.135 e. The highest BCUT2D eigenvalue weighted by molar-refractivity contribution is 5.64. The van der Waals surface area contributed by atoms with E-state index in [0.29, 0.717) is 6.54 Å². The maximum Gasteiger partial charge on any atom is 0.135 e. The number of hydrogen-bond donors (Lipinski definition) is 1. The molecule has 19 heavy (non-hydrogen) atoms. The van der Waals surface area contributed by atoms with Crippen molar-refractivity contribution < 1.29 is 4.74 Å². The molecule has 2 N–H and O–H groups in total. The summed E-state index contributed by atoms with van der Waals surface area (Å²) in [6.45, 7) is 2.46. The quantitative estimate of drug-likeness (QED) is 0.913. The molecule has 0 fully saturated rings. The molecular formula is C14H20N4O. The molecule has 0 spiro atoms. The molecule has 0 saturated heterocycles. The van der Waals surface area contributed by atoms with Crippen molar-refractivity contribution in [1.29, 1.82) is 0 Å². The lowest BCUT2D eigenvalue weighted by atomic mass is 10.2. The number of aromatic nitrogens is 2. The van der Waals surface area contributed by atoms with E-state index in [1.54, 1.807) is 7.11 Å². The molecule has 1 aromatic heterocycles. The van der Waals surface area contributed by atoms with Crippen molar-refractivity contribution in [2.75, 3.05) is 19.1 Å². The van der Waals surface area contributed by atoms with Crippen LogP contribution in [0.2, 0.25) is 0 Å². The van der Waals surface area contributed by atoms with Gasteiger partial charge >= 0.3 is 0 Å². The Kier molecular flexibility index (Phi) is 3.76. The first kappa shape index (κ1) is 13.4. The van der Waals surface area contributed by atoms with Gasteiger partial charge in [-0.2, -0.15) is 5.10 Å². The lowest BCUT2D eigenvalue weighted by Gasteiger charge is -2.21. The minimum absolute atomic E-state index is 0.482. The molecule has 0 saturated carbocycles. The van der Waals surface area contributed by atoms with Crippen LogP contribution < -0.4 is 15.4 Å². The molecule has 1 aromatic carbocycles. The monoisotopic (exact) mass is 260 g/mol. The summed E-state index contributed by atoms with van der Waals surface area (Å²) in [6, 6.07) is 7.91. The van der Waals surface area contributed by atoms with E-state index in [0.717, 1.165) is 28.5 Å². The van der Waals surface area contributed by atoms with Crippen molar-refractivity contribution in [3.05, 3.63) is 35.5 Å². The lowest BCUT2D eigenvalue weighted by molar-refractivity contribution is 0.415. The van der Waals surface area contributed by atoms with Gasteiger partial charge < -0.3 is 15.4 Å². The number of hydrogen-bond acceptors (Lipinski definition) is 4. The van der Waals surface area contributed by atoms with E-state index in [4.69, 9.17) is 10.5 Å². The van der Waals surface area contributed by atoms with Gasteiger partial charge in [0.2, 0.25) is 0 Å². The van der Waals surface area contributed by atoms with Crippen LogP contribution in [0.3, 0.4) is 0 Å². The Morgan fingerprint density at radius 1 is 1.32 bits per heavy atom. The molecule has 0 atom stereocenters. The summed E-state index contributed by atoms with van der Waals surface area (Å²) >= 11 is 0. The predicted molar refractivity (Wildman–Crippen MR) is 76.9 cm³/mol. The zero-order chi connectivity index (χ0) is 14.0. The van der Waals surface area contributed by atoms with Crippen molar-refractivity contribution in [3.8, 4) is 5.75 Å². The maximum atomic E-state index is 5.83. The van der Waals surface area contributed by atoms with Crippen LogP contribution in [0.4, 0.5) is 11.5 Å². The fourth-order valence-electron chi connectivity index (χ4n) is 2.28. The van der Waals surface area contributed by atoms with Crippen LogP contribution in [-0.4, -0.2) is 23.9 Å². The fraction of sp³-hybridized carbons (Fsp3) is 0.357. The highest BCUT2D eigenvalue weighted by atomic mass is 16.5. The van der Waals surface area contributed by atoms with Crippen LogP contribution >= 0.6 is 0 Å². The molecule has 0 aliphatic carbocycles. The maximum absolute atomic E-state index is 5.83. The zero-order valence-corrected chi connectivity index (χ0v) is 11.8. The third-order valence-corrected chi connectivity index (χ3v) is 3.29. The minimum atomic E-state index is 0.482. The summed E-state index contributed by atoms with van der Waals surface area (Å²) in [4.78, 5) is 2.08. The van der Waals surface area contributed by atoms with Gasteiger partial charge in [0.15, 0.2) is 0 Å². The Labute approximate surface area is 113 Å². The number of ether oxygens (including phenoxy) is 1. The SMILES string of the molecule is COc1ccc(N(C)c2c(CN)c(C)nn2C)cc1. The first-order chi connectivity index (χ1) is 9.08. The van der Waals surface area contributed by atoms with Crippen molar-refractivity contribution in [2.24, 2.45) is 12.8 Å². The third kappa shape index (κ3) is 2.42. The normalized spacial score (nSPS) is 10.6. The second-order valence-electron chi connectivity index (χ2n) is 4.47. The molecule has 2 rings (SSSR count). The number of nitrogens with zero attached hydrogens (tertiary/aromatic N) is 3. The third-order valence-electron chi connectivity index (χ3n) is 3.29. The summed E-state index contributed by atoms with van der Waals surface area (Å²) in [6.07, 6.45) is 0. The first-order valence-electron chi connectivity index (χ1n) is 6.18. The number of aryl methyl sites for hydroxylation is 2. The fourth-order valence-corrected chi connectivity index (χ4v) is 2.28. The summed E-state index contributed by atoms with van der Waals surface area (Å²) in [5, 5.41) is 4.43. The molecular weight excluding hydrogens is 240 g/mol. The molecule has 2 aromatic rings. The van der Waals surface area contributed by atoms with Gasteiger partial charge in [-0.05, 0) is 31.2 Å². The number of benzene rings is 1. The first-order valence-corrected chi connectivity index (χ1v) is 6.18. The van der Waals surface area contributed by atoms with E-state index in [1.165, 1.54) is 0 Å². The van der Waals surface area contributed by atoms with Crippen LogP contribution in [-0.2, 0) is 13.6 Å². The Bertz CT molecular complexity index is 560. The summed E-state index contributed by atoms with van der Waals surface area (Å²) < 4.78 is 7.03. The largest absolute Gasteiger partial charge is 0.497 e. The molecule has 0 radical (unpaired) electrons. The minimum Gasteiger partial charge on any atom is -0.497 e. The Balaban J connectivity index is 2.40. The van der Waals surface area contributed by atoms with Gasteiger partial charge in [0, 0.05) is 31.9 Å². The van der Waals surface area contributed by atoms with E-state index in [9.17, 15) is 0 Å². The number of rotatable bonds is 4.